The van der Waals surface area contributed by atoms with E-state index in [-0.39, 0.29) is 5.91 Å². The minimum atomic E-state index is -0.474. The summed E-state index contributed by atoms with van der Waals surface area (Å²) in [4.78, 5) is 15.1. The molecular formula is C24H32N2O2. The maximum Gasteiger partial charge on any atom is 0.261 e. The average molecular weight is 381 g/mol. The van der Waals surface area contributed by atoms with Crippen LogP contribution in [0.25, 0.3) is 0 Å². The first-order valence-corrected chi connectivity index (χ1v) is 10.5. The van der Waals surface area contributed by atoms with Gasteiger partial charge in [0.2, 0.25) is 0 Å². The van der Waals surface area contributed by atoms with Gasteiger partial charge in [0.05, 0.1) is 0 Å². The highest BCUT2D eigenvalue weighted by Crippen LogP contribution is 2.16. The lowest BCUT2D eigenvalue weighted by Crippen LogP contribution is -2.37. The van der Waals surface area contributed by atoms with Gasteiger partial charge in [0.15, 0.2) is 6.10 Å². The summed E-state index contributed by atoms with van der Waals surface area (Å²) in [6.07, 6.45) is 4.11. The van der Waals surface area contributed by atoms with E-state index in [9.17, 15) is 4.79 Å². The largest absolute Gasteiger partial charge is 0.481 e. The predicted octanol–water partition coefficient (Wildman–Crippen LogP) is 4.45. The third-order valence-electron chi connectivity index (χ3n) is 5.24. The molecule has 1 N–H and O–H groups in total. The Balaban J connectivity index is 1.53. The van der Waals surface area contributed by atoms with Crippen molar-refractivity contribution in [3.63, 3.8) is 0 Å². The maximum absolute atomic E-state index is 12.6. The zero-order valence-electron chi connectivity index (χ0n) is 17.1. The molecule has 0 saturated carbocycles. The summed E-state index contributed by atoms with van der Waals surface area (Å²) in [5, 5.41) is 3.04. The Morgan fingerprint density at radius 3 is 2.57 bits per heavy atom. The van der Waals surface area contributed by atoms with E-state index in [1.165, 1.54) is 37.9 Å². The summed E-state index contributed by atoms with van der Waals surface area (Å²) >= 11 is 0. The number of carbonyl (C=O) groups is 1. The zero-order chi connectivity index (χ0) is 19.8. The van der Waals surface area contributed by atoms with E-state index in [0.29, 0.717) is 13.0 Å². The minimum Gasteiger partial charge on any atom is -0.481 e. The van der Waals surface area contributed by atoms with Gasteiger partial charge in [0, 0.05) is 13.1 Å². The normalized spacial score (nSPS) is 15.8. The van der Waals surface area contributed by atoms with Crippen LogP contribution in [0, 0.1) is 6.92 Å². The number of carbonyl (C=O) groups excluding carboxylic acids is 1. The van der Waals surface area contributed by atoms with Crippen LogP contribution in [0.1, 0.15) is 49.3 Å². The molecule has 2 aromatic rings. The van der Waals surface area contributed by atoms with Crippen LogP contribution in [0.4, 0.5) is 0 Å². The number of rotatable bonds is 8. The average Bonchev–Trinajstić information content (AvgIpc) is 2.71. The van der Waals surface area contributed by atoms with E-state index < -0.39 is 6.10 Å². The number of amides is 1. The van der Waals surface area contributed by atoms with Crippen molar-refractivity contribution in [1.82, 2.24) is 10.2 Å². The standard InChI is InChI=1S/C24H32N2O2/c1-3-23(28-22-12-7-9-19(2)15-22)24(27)25-17-20-10-8-11-21(16-20)18-26-13-5-4-6-14-26/h7-12,15-16,23H,3-6,13-14,17-18H2,1-2H3,(H,25,27). The van der Waals surface area contributed by atoms with Gasteiger partial charge in [-0.1, -0.05) is 49.7 Å². The second-order valence-corrected chi connectivity index (χ2v) is 7.71. The quantitative estimate of drug-likeness (QED) is 0.735. The molecule has 1 saturated heterocycles. The fraction of sp³-hybridized carbons (Fsp3) is 0.458. The van der Waals surface area contributed by atoms with Gasteiger partial charge in [0.25, 0.3) is 5.91 Å². The molecule has 0 bridgehead atoms. The molecule has 1 amide bonds. The Kier molecular flexibility index (Phi) is 7.49. The molecule has 1 fully saturated rings. The van der Waals surface area contributed by atoms with Gasteiger partial charge in [-0.15, -0.1) is 0 Å². The number of aryl methyl sites for hydroxylation is 1. The number of likely N-dealkylation sites (tertiary alicyclic amines) is 1. The molecule has 0 aliphatic carbocycles. The Morgan fingerprint density at radius 1 is 1.07 bits per heavy atom. The molecule has 4 heteroatoms. The van der Waals surface area contributed by atoms with Crippen molar-refractivity contribution in [2.45, 2.75) is 58.7 Å². The van der Waals surface area contributed by atoms with Gasteiger partial charge in [0.1, 0.15) is 5.75 Å². The van der Waals surface area contributed by atoms with Gasteiger partial charge >= 0.3 is 0 Å². The highest BCUT2D eigenvalue weighted by atomic mass is 16.5. The lowest BCUT2D eigenvalue weighted by Gasteiger charge is -2.26. The van der Waals surface area contributed by atoms with Gasteiger partial charge in [-0.2, -0.15) is 0 Å². The zero-order valence-corrected chi connectivity index (χ0v) is 17.1. The first-order chi connectivity index (χ1) is 13.6. The highest BCUT2D eigenvalue weighted by molar-refractivity contribution is 5.81. The molecule has 2 aromatic carbocycles. The van der Waals surface area contributed by atoms with E-state index in [1.54, 1.807) is 0 Å². The molecule has 28 heavy (non-hydrogen) atoms. The fourth-order valence-corrected chi connectivity index (χ4v) is 3.69. The lowest BCUT2D eigenvalue weighted by atomic mass is 10.1. The van der Waals surface area contributed by atoms with E-state index in [0.717, 1.165) is 23.4 Å². The molecule has 0 spiro atoms. The van der Waals surface area contributed by atoms with Crippen LogP contribution in [0.15, 0.2) is 48.5 Å². The summed E-state index contributed by atoms with van der Waals surface area (Å²) in [5.41, 5.74) is 3.57. The summed E-state index contributed by atoms with van der Waals surface area (Å²) < 4.78 is 5.90. The van der Waals surface area contributed by atoms with E-state index in [1.807, 2.05) is 38.1 Å². The molecule has 1 atom stereocenters. The number of nitrogens with one attached hydrogen (secondary N) is 1. The van der Waals surface area contributed by atoms with Crippen molar-refractivity contribution < 1.29 is 9.53 Å². The third kappa shape index (κ3) is 6.10. The number of benzene rings is 2. The van der Waals surface area contributed by atoms with Crippen LogP contribution in [0.3, 0.4) is 0 Å². The number of hydrogen-bond donors (Lipinski definition) is 1. The summed E-state index contributed by atoms with van der Waals surface area (Å²) in [7, 11) is 0. The Bertz CT molecular complexity index is 769. The molecule has 3 rings (SSSR count). The second kappa shape index (κ2) is 10.3. The van der Waals surface area contributed by atoms with Crippen molar-refractivity contribution in [2.75, 3.05) is 13.1 Å². The van der Waals surface area contributed by atoms with Crippen molar-refractivity contribution in [1.29, 1.82) is 0 Å². The van der Waals surface area contributed by atoms with Gasteiger partial charge < -0.3 is 10.1 Å². The SMILES string of the molecule is CCC(Oc1cccc(C)c1)C(=O)NCc1cccc(CN2CCCCC2)c1. The van der Waals surface area contributed by atoms with Crippen LogP contribution in [0.2, 0.25) is 0 Å². The van der Waals surface area contributed by atoms with Crippen molar-refractivity contribution in [2.24, 2.45) is 0 Å². The Labute approximate surface area is 168 Å². The number of hydrogen-bond acceptors (Lipinski definition) is 3. The summed E-state index contributed by atoms with van der Waals surface area (Å²) in [6.45, 7) is 7.89. The molecule has 150 valence electrons. The van der Waals surface area contributed by atoms with E-state index in [4.69, 9.17) is 4.74 Å². The first-order valence-electron chi connectivity index (χ1n) is 10.5. The molecular weight excluding hydrogens is 348 g/mol. The van der Waals surface area contributed by atoms with Gasteiger partial charge in [-0.3, -0.25) is 9.69 Å². The molecule has 1 heterocycles. The molecule has 1 unspecified atom stereocenters. The minimum absolute atomic E-state index is 0.0644. The van der Waals surface area contributed by atoms with Gasteiger partial charge in [-0.25, -0.2) is 0 Å². The van der Waals surface area contributed by atoms with Crippen LogP contribution < -0.4 is 10.1 Å². The Hall–Kier alpha value is -2.33. The van der Waals surface area contributed by atoms with Crippen LogP contribution in [-0.4, -0.2) is 30.0 Å². The monoisotopic (exact) mass is 380 g/mol. The molecule has 0 radical (unpaired) electrons. The van der Waals surface area contributed by atoms with E-state index >= 15 is 0 Å². The molecule has 1 aliphatic rings. The Morgan fingerprint density at radius 2 is 1.82 bits per heavy atom. The second-order valence-electron chi connectivity index (χ2n) is 7.71. The predicted molar refractivity (Wildman–Crippen MR) is 113 cm³/mol. The topological polar surface area (TPSA) is 41.6 Å². The van der Waals surface area contributed by atoms with Crippen LogP contribution >= 0.6 is 0 Å². The highest BCUT2D eigenvalue weighted by Gasteiger charge is 2.18. The summed E-state index contributed by atoms with van der Waals surface area (Å²) in [6, 6.07) is 16.4. The number of piperidine rings is 1. The van der Waals surface area contributed by atoms with Gasteiger partial charge in [-0.05, 0) is 68.1 Å². The van der Waals surface area contributed by atoms with Crippen LogP contribution in [0.5, 0.6) is 5.75 Å². The van der Waals surface area contributed by atoms with Crippen molar-refractivity contribution in [3.05, 3.63) is 65.2 Å². The maximum atomic E-state index is 12.6. The molecule has 4 nitrogen and oxygen atoms in total. The smallest absolute Gasteiger partial charge is 0.261 e. The van der Waals surface area contributed by atoms with Crippen molar-refractivity contribution in [3.8, 4) is 5.75 Å². The van der Waals surface area contributed by atoms with Crippen LogP contribution in [-0.2, 0) is 17.9 Å². The summed E-state index contributed by atoms with van der Waals surface area (Å²) in [5.74, 6) is 0.677. The third-order valence-corrected chi connectivity index (χ3v) is 5.24. The molecule has 1 aliphatic heterocycles. The lowest BCUT2D eigenvalue weighted by molar-refractivity contribution is -0.128. The fourth-order valence-electron chi connectivity index (χ4n) is 3.69. The first kappa shape index (κ1) is 20.4. The number of ether oxygens (including phenoxy) is 1. The van der Waals surface area contributed by atoms with E-state index in [2.05, 4.69) is 34.5 Å². The number of nitrogens with zero attached hydrogens (tertiary/aromatic N) is 1. The van der Waals surface area contributed by atoms with Crippen molar-refractivity contribution >= 4 is 5.91 Å². The molecule has 0 aromatic heterocycles.